The molecular formula is C24H30N6O8. The molecule has 2 aromatic rings. The minimum atomic E-state index is -1.39. The molecule has 1 aliphatic rings. The summed E-state index contributed by atoms with van der Waals surface area (Å²) >= 11 is 0. The van der Waals surface area contributed by atoms with Crippen LogP contribution < -0.4 is 16.4 Å². The Bertz CT molecular complexity index is 1150. The molecule has 14 heteroatoms. The lowest BCUT2D eigenvalue weighted by molar-refractivity contribution is -0.145. The van der Waals surface area contributed by atoms with Crippen LogP contribution in [0.1, 0.15) is 30.5 Å². The van der Waals surface area contributed by atoms with Crippen molar-refractivity contribution in [3.63, 3.8) is 0 Å². The van der Waals surface area contributed by atoms with Gasteiger partial charge in [0.05, 0.1) is 18.8 Å². The SMILES string of the molecule is NC(CC(=O)O)C(=O)NC(Cc1cnc[nH]1)C(=O)N1CCCC1C(=O)NC(Cc1ccc(O)cc1)C(=O)O. The van der Waals surface area contributed by atoms with Gasteiger partial charge in [0.2, 0.25) is 17.7 Å². The van der Waals surface area contributed by atoms with Gasteiger partial charge >= 0.3 is 11.9 Å². The van der Waals surface area contributed by atoms with Crippen LogP contribution in [0.25, 0.3) is 0 Å². The van der Waals surface area contributed by atoms with E-state index >= 15 is 0 Å². The average Bonchev–Trinajstić information content (AvgIpc) is 3.56. The summed E-state index contributed by atoms with van der Waals surface area (Å²) in [5.41, 5.74) is 6.74. The zero-order valence-electron chi connectivity index (χ0n) is 20.4. The number of benzene rings is 1. The van der Waals surface area contributed by atoms with Gasteiger partial charge in [-0.2, -0.15) is 0 Å². The minimum absolute atomic E-state index is 0.0189. The number of carboxylic acids is 2. The minimum Gasteiger partial charge on any atom is -0.508 e. The van der Waals surface area contributed by atoms with Gasteiger partial charge in [-0.15, -0.1) is 0 Å². The number of carboxylic acid groups (broad SMARTS) is 2. The van der Waals surface area contributed by atoms with Crippen LogP contribution in [-0.2, 0) is 36.8 Å². The number of amides is 3. The van der Waals surface area contributed by atoms with Crippen molar-refractivity contribution in [2.75, 3.05) is 6.54 Å². The number of hydrogen-bond donors (Lipinski definition) is 7. The Kier molecular flexibility index (Phi) is 9.38. The predicted molar refractivity (Wildman–Crippen MR) is 131 cm³/mol. The smallest absolute Gasteiger partial charge is 0.326 e. The summed E-state index contributed by atoms with van der Waals surface area (Å²) in [7, 11) is 0. The molecule has 1 aliphatic heterocycles. The zero-order chi connectivity index (χ0) is 27.8. The Hall–Kier alpha value is -4.46. The Morgan fingerprint density at radius 2 is 1.79 bits per heavy atom. The molecule has 38 heavy (non-hydrogen) atoms. The largest absolute Gasteiger partial charge is 0.508 e. The van der Waals surface area contributed by atoms with Crippen molar-refractivity contribution in [2.45, 2.75) is 56.3 Å². The van der Waals surface area contributed by atoms with Crippen molar-refractivity contribution in [1.82, 2.24) is 25.5 Å². The van der Waals surface area contributed by atoms with Gasteiger partial charge in [0, 0.05) is 31.3 Å². The van der Waals surface area contributed by atoms with Gasteiger partial charge in [-0.05, 0) is 30.5 Å². The molecule has 0 radical (unpaired) electrons. The maximum atomic E-state index is 13.5. The van der Waals surface area contributed by atoms with E-state index in [9.17, 15) is 34.2 Å². The van der Waals surface area contributed by atoms with Crippen molar-refractivity contribution in [3.8, 4) is 5.75 Å². The molecular weight excluding hydrogens is 500 g/mol. The van der Waals surface area contributed by atoms with E-state index in [0.717, 1.165) is 0 Å². The van der Waals surface area contributed by atoms with Gasteiger partial charge in [-0.3, -0.25) is 19.2 Å². The molecule has 14 nitrogen and oxygen atoms in total. The third kappa shape index (κ3) is 7.52. The second kappa shape index (κ2) is 12.7. The van der Waals surface area contributed by atoms with E-state index in [4.69, 9.17) is 10.8 Å². The van der Waals surface area contributed by atoms with Crippen LogP contribution in [0.2, 0.25) is 0 Å². The molecule has 1 aromatic heterocycles. The molecule has 3 amide bonds. The first kappa shape index (κ1) is 28.1. The van der Waals surface area contributed by atoms with Crippen LogP contribution in [0, 0.1) is 0 Å². The van der Waals surface area contributed by atoms with E-state index in [1.807, 2.05) is 0 Å². The quantitative estimate of drug-likeness (QED) is 0.172. The second-order valence-electron chi connectivity index (χ2n) is 9.01. The fourth-order valence-electron chi connectivity index (χ4n) is 4.21. The van der Waals surface area contributed by atoms with Crippen LogP contribution in [-0.4, -0.2) is 90.6 Å². The molecule has 0 saturated carbocycles. The summed E-state index contributed by atoms with van der Waals surface area (Å²) in [5.74, 6) is -4.62. The molecule has 4 atom stereocenters. The standard InChI is InChI=1S/C24H30N6O8/c25-16(10-20(32)33)21(34)28-17(9-14-11-26-12-27-14)23(36)30-7-1-2-19(30)22(35)29-18(24(37)38)8-13-3-5-15(31)6-4-13/h3-6,11-12,16-19,31H,1-2,7-10,25H2,(H,26,27)(H,28,34)(H,29,35)(H,32,33)(H,37,38). The number of aromatic amines is 1. The molecule has 0 spiro atoms. The zero-order valence-corrected chi connectivity index (χ0v) is 20.4. The summed E-state index contributed by atoms with van der Waals surface area (Å²) in [4.78, 5) is 69.9. The lowest BCUT2D eigenvalue weighted by Gasteiger charge is -2.29. The average molecular weight is 531 g/mol. The normalized spacial score (nSPS) is 17.3. The summed E-state index contributed by atoms with van der Waals surface area (Å²) < 4.78 is 0. The number of phenolic OH excluding ortho intramolecular Hbond substituents is 1. The molecule has 2 heterocycles. The first-order valence-corrected chi connectivity index (χ1v) is 11.9. The van der Waals surface area contributed by atoms with Gasteiger partial charge in [0.15, 0.2) is 0 Å². The second-order valence-corrected chi connectivity index (χ2v) is 9.01. The molecule has 204 valence electrons. The maximum Gasteiger partial charge on any atom is 0.326 e. The van der Waals surface area contributed by atoms with Crippen molar-refractivity contribution in [3.05, 3.63) is 48.0 Å². The molecule has 0 bridgehead atoms. The van der Waals surface area contributed by atoms with Gasteiger partial charge in [0.25, 0.3) is 0 Å². The molecule has 0 aliphatic carbocycles. The number of carbonyl (C=O) groups excluding carboxylic acids is 3. The number of likely N-dealkylation sites (tertiary alicyclic amines) is 1. The van der Waals surface area contributed by atoms with Crippen LogP contribution in [0.15, 0.2) is 36.8 Å². The highest BCUT2D eigenvalue weighted by Gasteiger charge is 2.39. The summed E-state index contributed by atoms with van der Waals surface area (Å²) in [6.45, 7) is 0.198. The van der Waals surface area contributed by atoms with Crippen molar-refractivity contribution in [1.29, 1.82) is 0 Å². The predicted octanol–water partition coefficient (Wildman–Crippen LogP) is -1.25. The van der Waals surface area contributed by atoms with E-state index in [-0.39, 0.29) is 31.6 Å². The highest BCUT2D eigenvalue weighted by Crippen LogP contribution is 2.20. The summed E-state index contributed by atoms with van der Waals surface area (Å²) in [5, 5.41) is 33.0. The van der Waals surface area contributed by atoms with Crippen LogP contribution in [0.3, 0.4) is 0 Å². The number of aromatic hydroxyl groups is 1. The number of rotatable bonds is 12. The molecule has 1 saturated heterocycles. The van der Waals surface area contributed by atoms with E-state index in [1.165, 1.54) is 29.6 Å². The number of nitrogens with one attached hydrogen (secondary N) is 3. The Labute approximate surface area is 217 Å². The highest BCUT2D eigenvalue weighted by atomic mass is 16.4. The monoisotopic (exact) mass is 530 g/mol. The van der Waals surface area contributed by atoms with Gasteiger partial charge < -0.3 is 41.6 Å². The van der Waals surface area contributed by atoms with Gasteiger partial charge in [0.1, 0.15) is 23.9 Å². The third-order valence-corrected chi connectivity index (χ3v) is 6.15. The number of aliphatic carboxylic acids is 2. The number of nitrogens with two attached hydrogens (primary N) is 1. The van der Waals surface area contributed by atoms with E-state index in [1.54, 1.807) is 12.1 Å². The molecule has 4 unspecified atom stereocenters. The van der Waals surface area contributed by atoms with Crippen molar-refractivity contribution >= 4 is 29.7 Å². The fourth-order valence-corrected chi connectivity index (χ4v) is 4.21. The molecule has 8 N–H and O–H groups in total. The van der Waals surface area contributed by atoms with Crippen LogP contribution in [0.4, 0.5) is 0 Å². The highest BCUT2D eigenvalue weighted by molar-refractivity contribution is 5.95. The van der Waals surface area contributed by atoms with Crippen LogP contribution in [0.5, 0.6) is 5.75 Å². The number of H-pyrrole nitrogens is 1. The van der Waals surface area contributed by atoms with E-state index in [2.05, 4.69) is 20.6 Å². The molecule has 1 fully saturated rings. The lowest BCUT2D eigenvalue weighted by Crippen LogP contribution is -2.57. The third-order valence-electron chi connectivity index (χ3n) is 6.15. The van der Waals surface area contributed by atoms with Gasteiger partial charge in [-0.25, -0.2) is 9.78 Å². The Morgan fingerprint density at radius 1 is 1.08 bits per heavy atom. The topological polar surface area (TPSA) is 228 Å². The van der Waals surface area contributed by atoms with Gasteiger partial charge in [-0.1, -0.05) is 12.1 Å². The fraction of sp³-hybridized carbons (Fsp3) is 0.417. The lowest BCUT2D eigenvalue weighted by atomic mass is 10.0. The molecule has 3 rings (SSSR count). The van der Waals surface area contributed by atoms with E-state index < -0.39 is 60.2 Å². The number of aromatic nitrogens is 2. The van der Waals surface area contributed by atoms with Crippen molar-refractivity contribution < 1.29 is 39.3 Å². The maximum absolute atomic E-state index is 13.5. The van der Waals surface area contributed by atoms with Crippen molar-refractivity contribution in [2.24, 2.45) is 5.73 Å². The molecule has 1 aromatic carbocycles. The summed E-state index contributed by atoms with van der Waals surface area (Å²) in [6.07, 6.45) is 2.91. The number of hydrogen-bond acceptors (Lipinski definition) is 8. The number of phenols is 1. The summed E-state index contributed by atoms with van der Waals surface area (Å²) in [6, 6.07) is 1.08. The first-order valence-electron chi connectivity index (χ1n) is 11.9. The van der Waals surface area contributed by atoms with Crippen LogP contribution >= 0.6 is 0 Å². The first-order chi connectivity index (χ1) is 18.0. The van der Waals surface area contributed by atoms with E-state index in [0.29, 0.717) is 17.7 Å². The number of nitrogens with zero attached hydrogens (tertiary/aromatic N) is 2. The Balaban J connectivity index is 1.73. The number of carbonyl (C=O) groups is 5. The number of imidazole rings is 1. The Morgan fingerprint density at radius 3 is 2.39 bits per heavy atom.